The van der Waals surface area contributed by atoms with Crippen molar-refractivity contribution >= 4 is 10.0 Å². The van der Waals surface area contributed by atoms with Crippen molar-refractivity contribution in [2.75, 3.05) is 13.1 Å². The van der Waals surface area contributed by atoms with Crippen molar-refractivity contribution in [1.29, 1.82) is 0 Å². The number of aromatic nitrogens is 3. The SMILES string of the molecule is O=S(=O)(NCc1ncn[nH]1)C1CCNCC1. The second kappa shape index (κ2) is 4.89. The smallest absolute Gasteiger partial charge is 0.214 e. The molecule has 0 bridgehead atoms. The largest absolute Gasteiger partial charge is 0.317 e. The molecule has 0 aromatic carbocycles. The van der Waals surface area contributed by atoms with E-state index >= 15 is 0 Å². The van der Waals surface area contributed by atoms with Gasteiger partial charge in [-0.15, -0.1) is 0 Å². The quantitative estimate of drug-likeness (QED) is 0.630. The summed E-state index contributed by atoms with van der Waals surface area (Å²) in [7, 11) is -3.24. The van der Waals surface area contributed by atoms with Gasteiger partial charge in [0.1, 0.15) is 12.2 Å². The van der Waals surface area contributed by atoms with E-state index in [0.717, 1.165) is 13.1 Å². The first-order chi connectivity index (χ1) is 7.68. The monoisotopic (exact) mass is 245 g/mol. The number of nitrogens with one attached hydrogen (secondary N) is 3. The fourth-order valence-corrected chi connectivity index (χ4v) is 3.14. The predicted octanol–water partition coefficient (Wildman–Crippen LogP) is -1.02. The molecule has 1 aromatic rings. The van der Waals surface area contributed by atoms with Crippen molar-refractivity contribution in [3.05, 3.63) is 12.2 Å². The van der Waals surface area contributed by atoms with Gasteiger partial charge < -0.3 is 5.32 Å². The Bertz CT molecular complexity index is 410. The summed E-state index contributed by atoms with van der Waals surface area (Å²) in [5.74, 6) is 0.525. The number of nitrogens with zero attached hydrogens (tertiary/aromatic N) is 2. The number of aromatic amines is 1. The zero-order valence-corrected chi connectivity index (χ0v) is 9.63. The van der Waals surface area contributed by atoms with E-state index in [9.17, 15) is 8.42 Å². The molecule has 8 heteroatoms. The van der Waals surface area contributed by atoms with Crippen molar-refractivity contribution in [2.24, 2.45) is 0 Å². The van der Waals surface area contributed by atoms with Crippen molar-refractivity contribution in [3.63, 3.8) is 0 Å². The van der Waals surface area contributed by atoms with E-state index in [1.54, 1.807) is 0 Å². The van der Waals surface area contributed by atoms with Crippen LogP contribution in [0.3, 0.4) is 0 Å². The second-order valence-electron chi connectivity index (χ2n) is 3.75. The summed E-state index contributed by atoms with van der Waals surface area (Å²) in [6, 6.07) is 0. The van der Waals surface area contributed by atoms with Gasteiger partial charge in [0.15, 0.2) is 0 Å². The van der Waals surface area contributed by atoms with Gasteiger partial charge in [-0.05, 0) is 25.9 Å². The summed E-state index contributed by atoms with van der Waals surface area (Å²) >= 11 is 0. The van der Waals surface area contributed by atoms with Crippen molar-refractivity contribution in [2.45, 2.75) is 24.6 Å². The molecule has 0 unspecified atom stereocenters. The van der Waals surface area contributed by atoms with Crippen LogP contribution in [0.5, 0.6) is 0 Å². The van der Waals surface area contributed by atoms with E-state index in [-0.39, 0.29) is 11.8 Å². The van der Waals surface area contributed by atoms with Gasteiger partial charge in [0.05, 0.1) is 11.8 Å². The molecule has 1 aliphatic rings. The van der Waals surface area contributed by atoms with Gasteiger partial charge in [0.2, 0.25) is 10.0 Å². The summed E-state index contributed by atoms with van der Waals surface area (Å²) in [6.45, 7) is 1.69. The molecule has 0 radical (unpaired) electrons. The minimum absolute atomic E-state index is 0.173. The molecule has 0 amide bonds. The highest BCUT2D eigenvalue weighted by Gasteiger charge is 2.26. The van der Waals surface area contributed by atoms with Crippen LogP contribution in [0.25, 0.3) is 0 Å². The Labute approximate surface area is 94.1 Å². The van der Waals surface area contributed by atoms with E-state index in [4.69, 9.17) is 0 Å². The van der Waals surface area contributed by atoms with E-state index in [0.29, 0.717) is 18.7 Å². The summed E-state index contributed by atoms with van der Waals surface area (Å²) in [4.78, 5) is 3.86. The lowest BCUT2D eigenvalue weighted by Gasteiger charge is -2.22. The topological polar surface area (TPSA) is 99.8 Å². The first-order valence-electron chi connectivity index (χ1n) is 5.22. The molecule has 90 valence electrons. The Morgan fingerprint density at radius 3 is 2.81 bits per heavy atom. The molecule has 0 saturated carbocycles. The zero-order chi connectivity index (χ0) is 11.4. The molecule has 16 heavy (non-hydrogen) atoms. The number of hydrogen-bond acceptors (Lipinski definition) is 5. The Hall–Kier alpha value is -0.990. The number of hydrogen-bond donors (Lipinski definition) is 3. The van der Waals surface area contributed by atoms with Gasteiger partial charge in [0, 0.05) is 0 Å². The molecular weight excluding hydrogens is 230 g/mol. The van der Waals surface area contributed by atoms with Gasteiger partial charge in [-0.2, -0.15) is 5.10 Å². The summed E-state index contributed by atoms with van der Waals surface area (Å²) in [5, 5.41) is 9.11. The van der Waals surface area contributed by atoms with E-state index in [2.05, 4.69) is 25.2 Å². The minimum Gasteiger partial charge on any atom is -0.317 e. The second-order valence-corrected chi connectivity index (χ2v) is 5.79. The Kier molecular flexibility index (Phi) is 3.52. The third kappa shape index (κ3) is 2.77. The highest BCUT2D eigenvalue weighted by molar-refractivity contribution is 7.90. The lowest BCUT2D eigenvalue weighted by atomic mass is 10.2. The highest BCUT2D eigenvalue weighted by atomic mass is 32.2. The Morgan fingerprint density at radius 1 is 1.44 bits per heavy atom. The molecule has 2 heterocycles. The van der Waals surface area contributed by atoms with Crippen LogP contribution in [0.2, 0.25) is 0 Å². The van der Waals surface area contributed by atoms with Crippen molar-refractivity contribution < 1.29 is 8.42 Å². The highest BCUT2D eigenvalue weighted by Crippen LogP contribution is 2.11. The van der Waals surface area contributed by atoms with Crippen LogP contribution in [-0.4, -0.2) is 41.9 Å². The summed E-state index contributed by atoms with van der Waals surface area (Å²) < 4.78 is 26.3. The molecule has 3 N–H and O–H groups in total. The van der Waals surface area contributed by atoms with Gasteiger partial charge in [-0.3, -0.25) is 5.10 Å². The molecule has 2 rings (SSSR count). The lowest BCUT2D eigenvalue weighted by molar-refractivity contribution is 0.489. The molecular formula is C8H15N5O2S. The first-order valence-corrected chi connectivity index (χ1v) is 6.76. The van der Waals surface area contributed by atoms with E-state index in [1.807, 2.05) is 0 Å². The van der Waals surface area contributed by atoms with E-state index in [1.165, 1.54) is 6.33 Å². The standard InChI is InChI=1S/C8H15N5O2S/c14-16(15,7-1-3-9-4-2-7)12-5-8-10-6-11-13-8/h6-7,9,12H,1-5H2,(H,10,11,13). The molecule has 1 saturated heterocycles. The number of sulfonamides is 1. The van der Waals surface area contributed by atoms with Crippen LogP contribution in [-0.2, 0) is 16.6 Å². The third-order valence-electron chi connectivity index (χ3n) is 2.63. The summed E-state index contributed by atoms with van der Waals surface area (Å²) in [6.07, 6.45) is 2.67. The lowest BCUT2D eigenvalue weighted by Crippen LogP contribution is -2.41. The Balaban J connectivity index is 1.91. The van der Waals surface area contributed by atoms with Crippen molar-refractivity contribution in [1.82, 2.24) is 25.2 Å². The molecule has 0 spiro atoms. The van der Waals surface area contributed by atoms with Crippen molar-refractivity contribution in [3.8, 4) is 0 Å². The fourth-order valence-electron chi connectivity index (χ4n) is 1.71. The Morgan fingerprint density at radius 2 is 2.19 bits per heavy atom. The average molecular weight is 245 g/mol. The van der Waals surface area contributed by atoms with Gasteiger partial charge >= 0.3 is 0 Å². The molecule has 7 nitrogen and oxygen atoms in total. The fraction of sp³-hybridized carbons (Fsp3) is 0.750. The molecule has 0 aliphatic carbocycles. The maximum absolute atomic E-state index is 11.9. The minimum atomic E-state index is -3.24. The normalized spacial score (nSPS) is 18.8. The molecule has 1 fully saturated rings. The predicted molar refractivity (Wildman–Crippen MR) is 58.0 cm³/mol. The number of piperidine rings is 1. The zero-order valence-electron chi connectivity index (χ0n) is 8.81. The van der Waals surface area contributed by atoms with Gasteiger partial charge in [-0.25, -0.2) is 18.1 Å². The first kappa shape index (κ1) is 11.5. The van der Waals surface area contributed by atoms with Gasteiger partial charge in [-0.1, -0.05) is 0 Å². The van der Waals surface area contributed by atoms with Crippen LogP contribution in [0, 0.1) is 0 Å². The molecule has 1 aliphatic heterocycles. The van der Waals surface area contributed by atoms with Crippen LogP contribution in [0.15, 0.2) is 6.33 Å². The van der Waals surface area contributed by atoms with Crippen LogP contribution < -0.4 is 10.0 Å². The maximum atomic E-state index is 11.9. The molecule has 0 atom stereocenters. The number of H-pyrrole nitrogens is 1. The third-order valence-corrected chi connectivity index (χ3v) is 4.53. The van der Waals surface area contributed by atoms with Crippen LogP contribution >= 0.6 is 0 Å². The molecule has 1 aromatic heterocycles. The van der Waals surface area contributed by atoms with E-state index < -0.39 is 10.0 Å². The van der Waals surface area contributed by atoms with Crippen LogP contribution in [0.1, 0.15) is 18.7 Å². The summed E-state index contributed by atoms with van der Waals surface area (Å²) in [5.41, 5.74) is 0. The van der Waals surface area contributed by atoms with Crippen LogP contribution in [0.4, 0.5) is 0 Å². The van der Waals surface area contributed by atoms with Gasteiger partial charge in [0.25, 0.3) is 0 Å². The maximum Gasteiger partial charge on any atom is 0.214 e. The number of rotatable bonds is 4. The average Bonchev–Trinajstić information content (AvgIpc) is 2.81.